The lowest BCUT2D eigenvalue weighted by Gasteiger charge is -2.00. The van der Waals surface area contributed by atoms with E-state index in [1.54, 1.807) is 0 Å². The summed E-state index contributed by atoms with van der Waals surface area (Å²) in [5, 5.41) is -0.564. The second kappa shape index (κ2) is 3.47. The van der Waals surface area contributed by atoms with Gasteiger partial charge in [-0.05, 0) is 0 Å². The molecule has 1 aromatic rings. The van der Waals surface area contributed by atoms with E-state index in [1.165, 1.54) is 7.11 Å². The first kappa shape index (κ1) is 10.2. The van der Waals surface area contributed by atoms with Crippen molar-refractivity contribution >= 4 is 19.7 Å². The van der Waals surface area contributed by atoms with E-state index >= 15 is 0 Å². The van der Waals surface area contributed by atoms with Crippen LogP contribution in [0.1, 0.15) is 0 Å². The van der Waals surface area contributed by atoms with E-state index in [0.717, 1.165) is 12.1 Å². The van der Waals surface area contributed by atoms with Gasteiger partial charge < -0.3 is 4.74 Å². The van der Waals surface area contributed by atoms with E-state index < -0.39 is 20.0 Å². The molecule has 0 bridgehead atoms. The quantitative estimate of drug-likeness (QED) is 0.560. The molecule has 72 valence electrons. The zero-order valence-electron chi connectivity index (χ0n) is 6.49. The van der Waals surface area contributed by atoms with Crippen molar-refractivity contribution in [1.29, 1.82) is 0 Å². The summed E-state index contributed by atoms with van der Waals surface area (Å²) in [6, 6.07) is 1.98. The van der Waals surface area contributed by atoms with E-state index in [2.05, 4.69) is 9.72 Å². The van der Waals surface area contributed by atoms with Gasteiger partial charge in [0.25, 0.3) is 9.05 Å². The summed E-state index contributed by atoms with van der Waals surface area (Å²) in [6.45, 7) is 0. The van der Waals surface area contributed by atoms with Crippen molar-refractivity contribution in [2.24, 2.45) is 0 Å². The van der Waals surface area contributed by atoms with Gasteiger partial charge in [-0.15, -0.1) is 0 Å². The van der Waals surface area contributed by atoms with Crippen LogP contribution >= 0.6 is 10.7 Å². The van der Waals surface area contributed by atoms with Crippen LogP contribution in [0, 0.1) is 5.95 Å². The lowest BCUT2D eigenvalue weighted by molar-refractivity contribution is 0.406. The van der Waals surface area contributed by atoms with Crippen LogP contribution in [0.4, 0.5) is 4.39 Å². The summed E-state index contributed by atoms with van der Waals surface area (Å²) < 4.78 is 38.7. The van der Waals surface area contributed by atoms with Crippen molar-refractivity contribution in [2.75, 3.05) is 7.11 Å². The Morgan fingerprint density at radius 3 is 2.62 bits per heavy atom. The van der Waals surface area contributed by atoms with E-state index in [0.29, 0.717) is 0 Å². The normalized spacial score (nSPS) is 11.3. The van der Waals surface area contributed by atoms with Crippen molar-refractivity contribution in [2.45, 2.75) is 5.03 Å². The number of aromatic nitrogens is 1. The highest BCUT2D eigenvalue weighted by atomic mass is 35.7. The highest BCUT2D eigenvalue weighted by Gasteiger charge is 2.14. The van der Waals surface area contributed by atoms with Gasteiger partial charge in [0.05, 0.1) is 7.11 Å². The van der Waals surface area contributed by atoms with Crippen molar-refractivity contribution in [3.05, 3.63) is 18.1 Å². The molecule has 7 heteroatoms. The third kappa shape index (κ3) is 2.53. The van der Waals surface area contributed by atoms with E-state index in [-0.39, 0.29) is 5.75 Å². The summed E-state index contributed by atoms with van der Waals surface area (Å²) in [4.78, 5) is 3.09. The van der Waals surface area contributed by atoms with Gasteiger partial charge in [0, 0.05) is 22.8 Å². The van der Waals surface area contributed by atoms with Crippen molar-refractivity contribution in [3.63, 3.8) is 0 Å². The van der Waals surface area contributed by atoms with Crippen molar-refractivity contribution in [3.8, 4) is 5.75 Å². The number of ether oxygens (including phenoxy) is 1. The summed E-state index contributed by atoms with van der Waals surface area (Å²) in [5.74, 6) is -0.912. The largest absolute Gasteiger partial charge is 0.496 e. The molecule has 1 aromatic heterocycles. The highest BCUT2D eigenvalue weighted by Crippen LogP contribution is 2.19. The Labute approximate surface area is 78.7 Å². The molecule has 0 atom stereocenters. The molecule has 0 amide bonds. The third-order valence-electron chi connectivity index (χ3n) is 1.23. The maximum atomic E-state index is 12.6. The first-order valence-electron chi connectivity index (χ1n) is 3.10. The second-order valence-corrected chi connectivity index (χ2v) is 4.62. The van der Waals surface area contributed by atoms with E-state index in [1.807, 2.05) is 0 Å². The van der Waals surface area contributed by atoms with Gasteiger partial charge in [-0.1, -0.05) is 0 Å². The Bertz CT molecular complexity index is 420. The Balaban J connectivity index is 3.33. The SMILES string of the molecule is COc1cc(F)nc(S(=O)(=O)Cl)c1. The average molecular weight is 226 g/mol. The van der Waals surface area contributed by atoms with Gasteiger partial charge in [-0.25, -0.2) is 13.4 Å². The Kier molecular flexibility index (Phi) is 2.72. The van der Waals surface area contributed by atoms with Gasteiger partial charge in [0.1, 0.15) is 5.75 Å². The molecule has 0 saturated carbocycles. The van der Waals surface area contributed by atoms with Gasteiger partial charge in [0.15, 0.2) is 5.03 Å². The number of hydrogen-bond donors (Lipinski definition) is 0. The Hall–Kier alpha value is -0.880. The fourth-order valence-electron chi connectivity index (χ4n) is 0.693. The summed E-state index contributed by atoms with van der Waals surface area (Å²) in [5.41, 5.74) is 0. The number of halogens is 2. The Morgan fingerprint density at radius 2 is 2.15 bits per heavy atom. The van der Waals surface area contributed by atoms with Crippen molar-refractivity contribution < 1.29 is 17.5 Å². The van der Waals surface area contributed by atoms with Crippen LogP contribution in [-0.2, 0) is 9.05 Å². The first-order valence-corrected chi connectivity index (χ1v) is 5.40. The monoisotopic (exact) mass is 225 g/mol. The van der Waals surface area contributed by atoms with Crippen LogP contribution in [-0.4, -0.2) is 20.5 Å². The third-order valence-corrected chi connectivity index (χ3v) is 2.41. The second-order valence-electron chi connectivity index (χ2n) is 2.11. The zero-order chi connectivity index (χ0) is 10.1. The molecule has 0 aliphatic heterocycles. The molecule has 1 heterocycles. The van der Waals surface area contributed by atoms with Crippen LogP contribution in [0.5, 0.6) is 5.75 Å². The molecule has 0 radical (unpaired) electrons. The molecule has 0 spiro atoms. The predicted octanol–water partition coefficient (Wildman–Crippen LogP) is 1.16. The fraction of sp³-hybridized carbons (Fsp3) is 0.167. The topological polar surface area (TPSA) is 56.3 Å². The first-order chi connectivity index (χ1) is 5.93. The molecule has 0 aromatic carbocycles. The standard InChI is InChI=1S/C6H5ClFNO3S/c1-12-4-2-5(8)9-6(3-4)13(7,10)11/h2-3H,1H3. The number of nitrogens with zero attached hydrogens (tertiary/aromatic N) is 1. The maximum absolute atomic E-state index is 12.6. The lowest BCUT2D eigenvalue weighted by Crippen LogP contribution is -1.98. The minimum absolute atomic E-state index is 0.0479. The predicted molar refractivity (Wildman–Crippen MR) is 43.8 cm³/mol. The van der Waals surface area contributed by atoms with Crippen LogP contribution < -0.4 is 4.74 Å². The lowest BCUT2D eigenvalue weighted by atomic mass is 10.4. The molecule has 0 unspecified atom stereocenters. The maximum Gasteiger partial charge on any atom is 0.278 e. The number of rotatable bonds is 2. The van der Waals surface area contributed by atoms with E-state index in [4.69, 9.17) is 10.7 Å². The fourth-order valence-corrected chi connectivity index (χ4v) is 1.38. The van der Waals surface area contributed by atoms with Gasteiger partial charge in [-0.2, -0.15) is 4.39 Å². The molecule has 0 saturated heterocycles. The van der Waals surface area contributed by atoms with E-state index in [9.17, 15) is 12.8 Å². The number of hydrogen-bond acceptors (Lipinski definition) is 4. The van der Waals surface area contributed by atoms with Crippen LogP contribution in [0.25, 0.3) is 0 Å². The van der Waals surface area contributed by atoms with Crippen LogP contribution in [0.3, 0.4) is 0 Å². The summed E-state index contributed by atoms with van der Waals surface area (Å²) in [7, 11) is 2.21. The number of pyridine rings is 1. The van der Waals surface area contributed by atoms with Gasteiger partial charge >= 0.3 is 0 Å². The van der Waals surface area contributed by atoms with Crippen molar-refractivity contribution in [1.82, 2.24) is 4.98 Å². The smallest absolute Gasteiger partial charge is 0.278 e. The van der Waals surface area contributed by atoms with Gasteiger partial charge in [-0.3, -0.25) is 0 Å². The molecule has 0 fully saturated rings. The minimum atomic E-state index is -4.02. The number of methoxy groups -OCH3 is 1. The minimum Gasteiger partial charge on any atom is -0.496 e. The van der Waals surface area contributed by atoms with Gasteiger partial charge in [0.2, 0.25) is 5.95 Å². The summed E-state index contributed by atoms with van der Waals surface area (Å²) >= 11 is 0. The Morgan fingerprint density at radius 1 is 1.54 bits per heavy atom. The molecular weight excluding hydrogens is 221 g/mol. The molecule has 13 heavy (non-hydrogen) atoms. The summed E-state index contributed by atoms with van der Waals surface area (Å²) in [6.07, 6.45) is 0. The van der Waals surface area contributed by atoms with Crippen LogP contribution in [0.15, 0.2) is 17.2 Å². The average Bonchev–Trinajstić information content (AvgIpc) is 2.01. The molecule has 1 rings (SSSR count). The van der Waals surface area contributed by atoms with Crippen LogP contribution in [0.2, 0.25) is 0 Å². The molecule has 0 N–H and O–H groups in total. The highest BCUT2D eigenvalue weighted by molar-refractivity contribution is 8.13. The molecule has 0 aliphatic rings. The molecular formula is C6H5ClFNO3S. The molecule has 4 nitrogen and oxygen atoms in total. The zero-order valence-corrected chi connectivity index (χ0v) is 8.06. The molecule has 0 aliphatic carbocycles.